The predicted molar refractivity (Wildman–Crippen MR) is 129 cm³/mol. The minimum atomic E-state index is -0.256. The van der Waals surface area contributed by atoms with Crippen LogP contribution in [0.3, 0.4) is 0 Å². The van der Waals surface area contributed by atoms with Gasteiger partial charge in [0, 0.05) is 24.4 Å². The lowest BCUT2D eigenvalue weighted by atomic mass is 10.2. The molecule has 0 radical (unpaired) electrons. The molecule has 1 atom stereocenters. The number of aromatic nitrogens is 2. The van der Waals surface area contributed by atoms with Crippen molar-refractivity contribution in [1.82, 2.24) is 14.9 Å². The number of methoxy groups -OCH3 is 1. The molecule has 1 heterocycles. The Morgan fingerprint density at radius 3 is 2.76 bits per heavy atom. The number of fused-ring (bicyclic) bond motifs is 1. The Balaban J connectivity index is 1.49. The minimum Gasteiger partial charge on any atom is -0.383 e. The predicted octanol–water partition coefficient (Wildman–Crippen LogP) is 3.23. The van der Waals surface area contributed by atoms with Crippen LogP contribution < -0.4 is 16.2 Å². The molecule has 0 spiro atoms. The molecule has 1 saturated carbocycles. The van der Waals surface area contributed by atoms with Gasteiger partial charge in [0.05, 0.1) is 29.3 Å². The second kappa shape index (κ2) is 10.2. The van der Waals surface area contributed by atoms with E-state index in [1.165, 1.54) is 11.8 Å². The first kappa shape index (κ1) is 23.0. The zero-order valence-corrected chi connectivity index (χ0v) is 19.4. The van der Waals surface area contributed by atoms with E-state index in [0.29, 0.717) is 33.9 Å². The zero-order valence-electron chi connectivity index (χ0n) is 18.5. The van der Waals surface area contributed by atoms with Crippen LogP contribution in [0.25, 0.3) is 10.9 Å². The number of carbonyl (C=O) groups excluding carboxylic acids is 2. The Bertz CT molecular complexity index is 1240. The molecular weight excluding hydrogens is 440 g/mol. The number of nitrogens with one attached hydrogen (secondary N) is 2. The highest BCUT2D eigenvalue weighted by molar-refractivity contribution is 7.99. The maximum absolute atomic E-state index is 13.1. The Morgan fingerprint density at radius 1 is 1.21 bits per heavy atom. The highest BCUT2D eigenvalue weighted by Gasteiger charge is 2.24. The normalized spacial score (nSPS) is 14.1. The van der Waals surface area contributed by atoms with Crippen molar-refractivity contribution in [3.8, 4) is 0 Å². The van der Waals surface area contributed by atoms with Crippen LogP contribution in [0.1, 0.15) is 36.2 Å². The van der Waals surface area contributed by atoms with Gasteiger partial charge in [-0.15, -0.1) is 0 Å². The molecule has 0 saturated heterocycles. The molecule has 33 heavy (non-hydrogen) atoms. The van der Waals surface area contributed by atoms with Gasteiger partial charge in [0.25, 0.3) is 11.5 Å². The van der Waals surface area contributed by atoms with E-state index in [4.69, 9.17) is 4.74 Å². The molecule has 1 fully saturated rings. The zero-order chi connectivity index (χ0) is 23.4. The third-order valence-corrected chi connectivity index (χ3v) is 6.23. The molecular formula is C24H26N4O4S. The number of carbonyl (C=O) groups is 2. The number of ether oxygens (including phenoxy) is 1. The maximum atomic E-state index is 13.1. The summed E-state index contributed by atoms with van der Waals surface area (Å²) in [7, 11) is 1.58. The summed E-state index contributed by atoms with van der Waals surface area (Å²) in [6.07, 6.45) is 2.02. The molecule has 1 aliphatic rings. The third kappa shape index (κ3) is 5.61. The van der Waals surface area contributed by atoms with Crippen molar-refractivity contribution in [2.45, 2.75) is 37.0 Å². The molecule has 2 amide bonds. The summed E-state index contributed by atoms with van der Waals surface area (Å²) in [5.41, 5.74) is 1.47. The largest absolute Gasteiger partial charge is 0.383 e. The van der Waals surface area contributed by atoms with E-state index in [-0.39, 0.29) is 35.2 Å². The first-order chi connectivity index (χ1) is 16.0. The van der Waals surface area contributed by atoms with Crippen molar-refractivity contribution in [2.75, 3.05) is 24.8 Å². The fourth-order valence-electron chi connectivity index (χ4n) is 3.49. The topological polar surface area (TPSA) is 102 Å². The van der Waals surface area contributed by atoms with E-state index < -0.39 is 0 Å². The molecule has 0 bridgehead atoms. The molecule has 2 aromatic carbocycles. The van der Waals surface area contributed by atoms with Crippen molar-refractivity contribution in [3.05, 3.63) is 64.4 Å². The number of benzene rings is 2. The van der Waals surface area contributed by atoms with Crippen LogP contribution in [0, 0.1) is 0 Å². The van der Waals surface area contributed by atoms with E-state index in [9.17, 15) is 14.4 Å². The number of anilines is 1. The fourth-order valence-corrected chi connectivity index (χ4v) is 4.39. The van der Waals surface area contributed by atoms with Gasteiger partial charge in [-0.1, -0.05) is 30.0 Å². The summed E-state index contributed by atoms with van der Waals surface area (Å²) in [6.45, 7) is 2.22. The summed E-state index contributed by atoms with van der Waals surface area (Å²) < 4.78 is 6.81. The maximum Gasteiger partial charge on any atom is 0.262 e. The lowest BCUT2D eigenvalue weighted by Gasteiger charge is -2.18. The van der Waals surface area contributed by atoms with E-state index in [2.05, 4.69) is 15.6 Å². The van der Waals surface area contributed by atoms with Gasteiger partial charge in [-0.25, -0.2) is 4.98 Å². The SMILES string of the molecule is COC[C@H](C)n1c(SCC(=O)Nc2cccc(C(=O)NC3CC3)c2)nc2ccccc2c1=O. The molecule has 0 aliphatic heterocycles. The average Bonchev–Trinajstić information content (AvgIpc) is 3.62. The molecule has 4 rings (SSSR count). The van der Waals surface area contributed by atoms with Crippen molar-refractivity contribution in [1.29, 1.82) is 0 Å². The molecule has 3 aromatic rings. The van der Waals surface area contributed by atoms with E-state index >= 15 is 0 Å². The molecule has 9 heteroatoms. The number of hydrogen-bond donors (Lipinski definition) is 2. The summed E-state index contributed by atoms with van der Waals surface area (Å²) in [4.78, 5) is 42.6. The van der Waals surface area contributed by atoms with E-state index in [1.807, 2.05) is 13.0 Å². The van der Waals surface area contributed by atoms with Gasteiger partial charge >= 0.3 is 0 Å². The molecule has 2 N–H and O–H groups in total. The minimum absolute atomic E-state index is 0.0585. The van der Waals surface area contributed by atoms with Crippen LogP contribution in [0.15, 0.2) is 58.5 Å². The van der Waals surface area contributed by atoms with Crippen molar-refractivity contribution in [2.24, 2.45) is 0 Å². The molecule has 0 unspecified atom stereocenters. The highest BCUT2D eigenvalue weighted by Crippen LogP contribution is 2.22. The van der Waals surface area contributed by atoms with Crippen LogP contribution in [-0.2, 0) is 9.53 Å². The van der Waals surface area contributed by atoms with Crippen molar-refractivity contribution in [3.63, 3.8) is 0 Å². The van der Waals surface area contributed by atoms with Crippen molar-refractivity contribution < 1.29 is 14.3 Å². The lowest BCUT2D eigenvalue weighted by Crippen LogP contribution is -2.29. The smallest absolute Gasteiger partial charge is 0.262 e. The summed E-state index contributed by atoms with van der Waals surface area (Å²) in [5, 5.41) is 6.74. The fraction of sp³-hybridized carbons (Fsp3) is 0.333. The van der Waals surface area contributed by atoms with Gasteiger partial charge in [0.15, 0.2) is 5.16 Å². The highest BCUT2D eigenvalue weighted by atomic mass is 32.2. The van der Waals surface area contributed by atoms with Gasteiger partial charge in [-0.2, -0.15) is 0 Å². The van der Waals surface area contributed by atoms with E-state index in [1.54, 1.807) is 54.1 Å². The second-order valence-electron chi connectivity index (χ2n) is 8.06. The van der Waals surface area contributed by atoms with Gasteiger partial charge < -0.3 is 15.4 Å². The average molecular weight is 467 g/mol. The van der Waals surface area contributed by atoms with Crippen molar-refractivity contribution >= 4 is 40.2 Å². The summed E-state index contributed by atoms with van der Waals surface area (Å²) in [6, 6.07) is 14.0. The Labute approximate surface area is 195 Å². The van der Waals surface area contributed by atoms with Crippen LogP contribution in [-0.4, -0.2) is 46.9 Å². The van der Waals surface area contributed by atoms with Crippen LogP contribution in [0.4, 0.5) is 5.69 Å². The van der Waals surface area contributed by atoms with Crippen LogP contribution in [0.2, 0.25) is 0 Å². The first-order valence-corrected chi connectivity index (χ1v) is 11.8. The third-order valence-electron chi connectivity index (χ3n) is 5.28. The second-order valence-corrected chi connectivity index (χ2v) is 9.00. The summed E-state index contributed by atoms with van der Waals surface area (Å²) >= 11 is 1.19. The number of amides is 2. The molecule has 1 aliphatic carbocycles. The van der Waals surface area contributed by atoms with E-state index in [0.717, 1.165) is 12.8 Å². The Morgan fingerprint density at radius 2 is 2.00 bits per heavy atom. The molecule has 172 valence electrons. The number of thioether (sulfide) groups is 1. The van der Waals surface area contributed by atoms with Crippen LogP contribution >= 0.6 is 11.8 Å². The standard InChI is InChI=1S/C24H26N4O4S/c1-15(13-32-2)28-23(31)19-8-3-4-9-20(19)27-24(28)33-14-21(29)25-18-7-5-6-16(12-18)22(30)26-17-10-11-17/h3-9,12,15,17H,10-11,13-14H2,1-2H3,(H,25,29)(H,26,30)/t15-/m0/s1. The molecule has 8 nitrogen and oxygen atoms in total. The van der Waals surface area contributed by atoms with Gasteiger partial charge in [0.2, 0.25) is 5.91 Å². The Kier molecular flexibility index (Phi) is 7.10. The number of rotatable bonds is 9. The number of para-hydroxylation sites is 1. The quantitative estimate of drug-likeness (QED) is 0.371. The van der Waals surface area contributed by atoms with Crippen LogP contribution in [0.5, 0.6) is 0 Å². The Hall–Kier alpha value is -3.17. The number of nitrogens with zero attached hydrogens (tertiary/aromatic N) is 2. The van der Waals surface area contributed by atoms with Gasteiger partial charge in [-0.05, 0) is 50.1 Å². The first-order valence-electron chi connectivity index (χ1n) is 10.8. The van der Waals surface area contributed by atoms with Gasteiger partial charge in [0.1, 0.15) is 0 Å². The number of hydrogen-bond acceptors (Lipinski definition) is 6. The lowest BCUT2D eigenvalue weighted by molar-refractivity contribution is -0.113. The monoisotopic (exact) mass is 466 g/mol. The van der Waals surface area contributed by atoms with Gasteiger partial charge in [-0.3, -0.25) is 19.0 Å². The summed E-state index contributed by atoms with van der Waals surface area (Å²) in [5.74, 6) is -0.337. The molecule has 1 aromatic heterocycles.